The fourth-order valence-corrected chi connectivity index (χ4v) is 4.56. The number of fused-ring (bicyclic) bond motifs is 3. The highest BCUT2D eigenvalue weighted by Crippen LogP contribution is 2.47. The number of amides is 1. The van der Waals surface area contributed by atoms with Gasteiger partial charge in [-0.05, 0) is 18.9 Å². The molecule has 2 fully saturated rings. The summed E-state index contributed by atoms with van der Waals surface area (Å²) in [5, 5.41) is 3.84. The van der Waals surface area contributed by atoms with E-state index in [-0.39, 0.29) is 12.5 Å². The minimum absolute atomic E-state index is 0.144. The number of nitrogens with zero attached hydrogens (tertiary/aromatic N) is 2. The zero-order valence-electron chi connectivity index (χ0n) is 13.3. The summed E-state index contributed by atoms with van der Waals surface area (Å²) in [5.74, 6) is -3.04. The SMILES string of the molecule is O=C(c1c2n(c3ccccc13)CCC2)N1CC(F)(F)C2(CNC2)C1. The molecule has 1 aromatic carbocycles. The van der Waals surface area contributed by atoms with Crippen LogP contribution in [0, 0.1) is 5.41 Å². The van der Waals surface area contributed by atoms with Crippen LogP contribution in [0.2, 0.25) is 0 Å². The van der Waals surface area contributed by atoms with Crippen molar-refractivity contribution in [3.8, 4) is 0 Å². The molecule has 0 radical (unpaired) electrons. The highest BCUT2D eigenvalue weighted by Gasteiger charge is 2.64. The number of para-hydroxylation sites is 1. The van der Waals surface area contributed by atoms with Crippen LogP contribution in [0.1, 0.15) is 22.5 Å². The molecule has 0 unspecified atom stereocenters. The van der Waals surface area contributed by atoms with Gasteiger partial charge in [-0.3, -0.25) is 4.79 Å². The number of carbonyl (C=O) groups excluding carboxylic acids is 1. The van der Waals surface area contributed by atoms with E-state index in [1.54, 1.807) is 0 Å². The third kappa shape index (κ3) is 1.67. The molecule has 4 nitrogen and oxygen atoms in total. The molecular formula is C18H19F2N3O. The molecule has 1 N–H and O–H groups in total. The Bertz CT molecular complexity index is 853. The maximum absolute atomic E-state index is 14.4. The van der Waals surface area contributed by atoms with E-state index >= 15 is 0 Å². The van der Waals surface area contributed by atoms with Gasteiger partial charge < -0.3 is 14.8 Å². The third-order valence-corrected chi connectivity index (χ3v) is 5.96. The van der Waals surface area contributed by atoms with Gasteiger partial charge in [0.25, 0.3) is 11.8 Å². The summed E-state index contributed by atoms with van der Waals surface area (Å²) >= 11 is 0. The fraction of sp³-hybridized carbons (Fsp3) is 0.500. The van der Waals surface area contributed by atoms with Crippen molar-refractivity contribution in [3.63, 3.8) is 0 Å². The third-order valence-electron chi connectivity index (χ3n) is 5.96. The van der Waals surface area contributed by atoms with Gasteiger partial charge in [0.1, 0.15) is 0 Å². The molecule has 0 aliphatic carbocycles. The van der Waals surface area contributed by atoms with Gasteiger partial charge in [0.05, 0.1) is 17.5 Å². The largest absolute Gasteiger partial charge is 0.344 e. The van der Waals surface area contributed by atoms with Crippen LogP contribution < -0.4 is 5.32 Å². The highest BCUT2D eigenvalue weighted by atomic mass is 19.3. The van der Waals surface area contributed by atoms with Gasteiger partial charge in [0.2, 0.25) is 0 Å². The molecule has 1 amide bonds. The van der Waals surface area contributed by atoms with Crippen molar-refractivity contribution in [1.29, 1.82) is 0 Å². The average molecular weight is 331 g/mol. The minimum Gasteiger partial charge on any atom is -0.344 e. The van der Waals surface area contributed by atoms with Gasteiger partial charge in [0.15, 0.2) is 0 Å². The number of rotatable bonds is 1. The Balaban J connectivity index is 1.58. The molecule has 3 aliphatic rings. The molecule has 2 saturated heterocycles. The van der Waals surface area contributed by atoms with E-state index in [9.17, 15) is 13.6 Å². The summed E-state index contributed by atoms with van der Waals surface area (Å²) < 4.78 is 31.1. The average Bonchev–Trinajstić information content (AvgIpc) is 3.15. The molecule has 3 aliphatic heterocycles. The molecule has 1 aromatic heterocycles. The molecule has 2 aromatic rings. The molecule has 24 heavy (non-hydrogen) atoms. The molecule has 5 rings (SSSR count). The van der Waals surface area contributed by atoms with Crippen LogP contribution in [0.4, 0.5) is 8.78 Å². The maximum atomic E-state index is 14.4. The normalized spacial score (nSPS) is 23.7. The number of aromatic nitrogens is 1. The van der Waals surface area contributed by atoms with Crippen molar-refractivity contribution < 1.29 is 13.6 Å². The first-order valence-electron chi connectivity index (χ1n) is 8.50. The van der Waals surface area contributed by atoms with E-state index in [1.807, 2.05) is 24.3 Å². The van der Waals surface area contributed by atoms with E-state index in [0.717, 1.165) is 36.0 Å². The first kappa shape index (κ1) is 14.4. The predicted octanol–water partition coefficient (Wildman–Crippen LogP) is 2.27. The summed E-state index contributed by atoms with van der Waals surface area (Å²) in [6.07, 6.45) is 1.84. The van der Waals surface area contributed by atoms with E-state index < -0.39 is 17.9 Å². The zero-order chi connectivity index (χ0) is 16.5. The fourth-order valence-electron chi connectivity index (χ4n) is 4.56. The van der Waals surface area contributed by atoms with Gasteiger partial charge in [-0.1, -0.05) is 18.2 Å². The number of likely N-dealkylation sites (tertiary alicyclic amines) is 1. The molecule has 1 spiro atoms. The van der Waals surface area contributed by atoms with Crippen molar-refractivity contribution in [2.45, 2.75) is 25.3 Å². The monoisotopic (exact) mass is 331 g/mol. The maximum Gasteiger partial charge on any atom is 0.274 e. The molecule has 6 heteroatoms. The van der Waals surface area contributed by atoms with Crippen LogP contribution in [0.5, 0.6) is 0 Å². The first-order chi connectivity index (χ1) is 11.5. The Kier molecular flexibility index (Phi) is 2.74. The number of aryl methyl sites for hydroxylation is 1. The van der Waals surface area contributed by atoms with Crippen molar-refractivity contribution in [1.82, 2.24) is 14.8 Å². The number of nitrogens with one attached hydrogen (secondary N) is 1. The molecule has 126 valence electrons. The Morgan fingerprint density at radius 3 is 2.67 bits per heavy atom. The summed E-state index contributed by atoms with van der Waals surface area (Å²) in [6.45, 7) is 1.15. The van der Waals surface area contributed by atoms with E-state index in [4.69, 9.17) is 0 Å². The lowest BCUT2D eigenvalue weighted by atomic mass is 9.78. The summed E-state index contributed by atoms with van der Waals surface area (Å²) in [7, 11) is 0. The topological polar surface area (TPSA) is 37.3 Å². The lowest BCUT2D eigenvalue weighted by Gasteiger charge is -2.42. The van der Waals surface area contributed by atoms with E-state index in [0.29, 0.717) is 18.7 Å². The number of alkyl halides is 2. The number of carbonyl (C=O) groups is 1. The summed E-state index contributed by atoms with van der Waals surface area (Å²) in [5.41, 5.74) is 1.63. The van der Waals surface area contributed by atoms with Crippen molar-refractivity contribution in [3.05, 3.63) is 35.5 Å². The van der Waals surface area contributed by atoms with Gasteiger partial charge in [-0.15, -0.1) is 0 Å². The number of hydrogen-bond donors (Lipinski definition) is 1. The molecule has 4 heterocycles. The second kappa shape index (κ2) is 4.57. The van der Waals surface area contributed by atoms with Gasteiger partial charge in [-0.2, -0.15) is 0 Å². The Morgan fingerprint density at radius 2 is 1.96 bits per heavy atom. The zero-order valence-corrected chi connectivity index (χ0v) is 13.3. The Labute approximate surface area is 138 Å². The van der Waals surface area contributed by atoms with Gasteiger partial charge in [-0.25, -0.2) is 8.78 Å². The summed E-state index contributed by atoms with van der Waals surface area (Å²) in [4.78, 5) is 14.5. The standard InChI is InChI=1S/C18H19F2N3O/c19-18(20)11-22(10-17(18)8-21-9-17)16(24)15-12-4-1-2-5-13(12)23-7-3-6-14(15)23/h1-2,4-5,21H,3,6-11H2. The Hall–Kier alpha value is -1.95. The van der Waals surface area contributed by atoms with Crippen molar-refractivity contribution in [2.75, 3.05) is 26.2 Å². The van der Waals surface area contributed by atoms with Gasteiger partial charge >= 0.3 is 0 Å². The minimum atomic E-state index is -2.81. The smallest absolute Gasteiger partial charge is 0.274 e. The quantitative estimate of drug-likeness (QED) is 0.870. The van der Waals surface area contributed by atoms with E-state index in [2.05, 4.69) is 9.88 Å². The molecule has 0 atom stereocenters. The van der Waals surface area contributed by atoms with Crippen LogP contribution in [0.15, 0.2) is 24.3 Å². The molecular weight excluding hydrogens is 312 g/mol. The Morgan fingerprint density at radius 1 is 1.17 bits per heavy atom. The molecule has 0 bridgehead atoms. The number of benzene rings is 1. The van der Waals surface area contributed by atoms with Crippen LogP contribution in [-0.2, 0) is 13.0 Å². The van der Waals surface area contributed by atoms with Crippen LogP contribution in [-0.4, -0.2) is 47.5 Å². The van der Waals surface area contributed by atoms with Crippen molar-refractivity contribution >= 4 is 16.8 Å². The number of halogens is 2. The second-order valence-corrected chi connectivity index (χ2v) is 7.34. The second-order valence-electron chi connectivity index (χ2n) is 7.34. The van der Waals surface area contributed by atoms with Crippen LogP contribution in [0.25, 0.3) is 10.9 Å². The highest BCUT2D eigenvalue weighted by molar-refractivity contribution is 6.08. The van der Waals surface area contributed by atoms with Crippen LogP contribution in [0.3, 0.4) is 0 Å². The first-order valence-corrected chi connectivity index (χ1v) is 8.50. The van der Waals surface area contributed by atoms with E-state index in [1.165, 1.54) is 4.90 Å². The lowest BCUT2D eigenvalue weighted by molar-refractivity contribution is -0.108. The van der Waals surface area contributed by atoms with Crippen LogP contribution >= 0.6 is 0 Å². The van der Waals surface area contributed by atoms with Gasteiger partial charge in [0, 0.05) is 42.8 Å². The van der Waals surface area contributed by atoms with Crippen molar-refractivity contribution in [2.24, 2.45) is 5.41 Å². The lowest BCUT2D eigenvalue weighted by Crippen LogP contribution is -2.62. The molecule has 0 saturated carbocycles. The number of hydrogen-bond acceptors (Lipinski definition) is 2. The predicted molar refractivity (Wildman–Crippen MR) is 86.4 cm³/mol. The summed E-state index contributed by atoms with van der Waals surface area (Å²) in [6, 6.07) is 7.81.